The summed E-state index contributed by atoms with van der Waals surface area (Å²) < 4.78 is 0. The maximum Gasteiger partial charge on any atom is 0.151 e. The average molecular weight is 133 g/mol. The fourth-order valence-corrected chi connectivity index (χ4v) is 0.737. The van der Waals surface area contributed by atoms with E-state index in [0.717, 1.165) is 5.82 Å². The number of fused-ring (bicyclic) bond motifs is 1. The lowest BCUT2D eigenvalue weighted by molar-refractivity contribution is 0.506. The van der Waals surface area contributed by atoms with E-state index in [4.69, 9.17) is 0 Å². The van der Waals surface area contributed by atoms with Crippen LogP contribution in [0.1, 0.15) is 0 Å². The van der Waals surface area contributed by atoms with Gasteiger partial charge in [-0.25, -0.2) is 10.4 Å². The van der Waals surface area contributed by atoms with Crippen molar-refractivity contribution in [3.05, 3.63) is 36.3 Å². The largest absolute Gasteiger partial charge is 0.241 e. The molecule has 0 aromatic rings. The highest BCUT2D eigenvalue weighted by atomic mass is 15.7. The van der Waals surface area contributed by atoms with E-state index in [2.05, 4.69) is 21.9 Å². The number of rotatable bonds is 0. The zero-order valence-corrected chi connectivity index (χ0v) is 5.15. The van der Waals surface area contributed by atoms with Gasteiger partial charge in [-0.05, 0) is 28.7 Å². The molecule has 4 nitrogen and oxygen atoms in total. The Kier molecular flexibility index (Phi) is 1.04. The van der Waals surface area contributed by atoms with E-state index >= 15 is 0 Å². The van der Waals surface area contributed by atoms with Gasteiger partial charge < -0.3 is 0 Å². The summed E-state index contributed by atoms with van der Waals surface area (Å²) in [4.78, 5) is 0. The van der Waals surface area contributed by atoms with Crippen LogP contribution in [-0.4, -0.2) is 5.01 Å². The summed E-state index contributed by atoms with van der Waals surface area (Å²) >= 11 is 0. The minimum absolute atomic E-state index is 0.824. The molecule has 49 valence electrons. The van der Waals surface area contributed by atoms with Gasteiger partial charge in [0.25, 0.3) is 0 Å². The fourth-order valence-electron chi connectivity index (χ4n) is 0.737. The van der Waals surface area contributed by atoms with Crippen molar-refractivity contribution in [1.29, 1.82) is 0 Å². The maximum absolute atomic E-state index is 3.75. The summed E-state index contributed by atoms with van der Waals surface area (Å²) in [5.41, 5.74) is 2.71. The molecule has 0 saturated carbocycles. The zero-order chi connectivity index (χ0) is 6.81. The van der Waals surface area contributed by atoms with Crippen LogP contribution in [0.3, 0.4) is 0 Å². The van der Waals surface area contributed by atoms with Crippen LogP contribution in [0.4, 0.5) is 0 Å². The summed E-state index contributed by atoms with van der Waals surface area (Å²) in [6.45, 7) is 0. The molecule has 0 aromatic heterocycles. The Balaban J connectivity index is 2.35. The molecule has 0 aliphatic carbocycles. The van der Waals surface area contributed by atoms with Gasteiger partial charge in [0.15, 0.2) is 5.82 Å². The molecule has 0 amide bonds. The van der Waals surface area contributed by atoms with Crippen molar-refractivity contribution in [2.24, 2.45) is 10.4 Å². The van der Waals surface area contributed by atoms with Crippen molar-refractivity contribution >= 4 is 0 Å². The molecular weight excluding hydrogens is 128 g/mol. The van der Waals surface area contributed by atoms with Crippen molar-refractivity contribution in [1.82, 2.24) is 10.4 Å². The first kappa shape index (κ1) is 5.22. The van der Waals surface area contributed by atoms with Crippen LogP contribution in [0.5, 0.6) is 0 Å². The van der Waals surface area contributed by atoms with Crippen LogP contribution < -0.4 is 5.43 Å². The first-order valence-electron chi connectivity index (χ1n) is 2.89. The molecule has 2 aliphatic rings. The van der Waals surface area contributed by atoms with Gasteiger partial charge in [-0.15, -0.1) is 0 Å². The SMILES string of the molecule is [C]1=CC=CN2N=NNC2=C1. The fraction of sp³-hybridized carbons (Fsp3) is 0. The molecule has 0 unspecified atom stereocenters. The van der Waals surface area contributed by atoms with E-state index < -0.39 is 0 Å². The van der Waals surface area contributed by atoms with Gasteiger partial charge >= 0.3 is 0 Å². The van der Waals surface area contributed by atoms with Crippen LogP contribution in [0.25, 0.3) is 0 Å². The Morgan fingerprint density at radius 3 is 3.60 bits per heavy atom. The van der Waals surface area contributed by atoms with Crippen LogP contribution in [-0.2, 0) is 0 Å². The third kappa shape index (κ3) is 0.699. The third-order valence-electron chi connectivity index (χ3n) is 1.19. The molecule has 0 fully saturated rings. The van der Waals surface area contributed by atoms with Crippen LogP contribution >= 0.6 is 0 Å². The van der Waals surface area contributed by atoms with Crippen LogP contribution in [0, 0.1) is 6.08 Å². The monoisotopic (exact) mass is 133 g/mol. The summed E-state index contributed by atoms with van der Waals surface area (Å²) in [5.74, 6) is 0.824. The molecular formula is C6H5N4. The number of nitrogens with one attached hydrogen (secondary N) is 1. The van der Waals surface area contributed by atoms with Gasteiger partial charge in [0.2, 0.25) is 0 Å². The van der Waals surface area contributed by atoms with Gasteiger partial charge in [-0.3, -0.25) is 0 Å². The summed E-state index contributed by atoms with van der Waals surface area (Å²) in [6.07, 6.45) is 10.2. The average Bonchev–Trinajstić information content (AvgIpc) is 2.28. The van der Waals surface area contributed by atoms with Crippen molar-refractivity contribution in [2.75, 3.05) is 0 Å². The van der Waals surface area contributed by atoms with Gasteiger partial charge in [0, 0.05) is 6.20 Å². The van der Waals surface area contributed by atoms with Crippen LogP contribution in [0.15, 0.2) is 40.7 Å². The number of nitrogens with zero attached hydrogens (tertiary/aromatic N) is 3. The third-order valence-corrected chi connectivity index (χ3v) is 1.19. The highest BCUT2D eigenvalue weighted by Crippen LogP contribution is 2.11. The first-order chi connectivity index (χ1) is 4.97. The quantitative estimate of drug-likeness (QED) is 0.533. The maximum atomic E-state index is 3.75. The van der Waals surface area contributed by atoms with Crippen molar-refractivity contribution in [3.63, 3.8) is 0 Å². The summed E-state index contributed by atoms with van der Waals surface area (Å²) in [5, 5.41) is 8.98. The molecule has 0 saturated heterocycles. The molecule has 2 rings (SSSR count). The van der Waals surface area contributed by atoms with E-state index in [0.29, 0.717) is 0 Å². The van der Waals surface area contributed by atoms with E-state index in [9.17, 15) is 0 Å². The van der Waals surface area contributed by atoms with Gasteiger partial charge in [-0.2, -0.15) is 0 Å². The lowest BCUT2D eigenvalue weighted by Crippen LogP contribution is -2.10. The van der Waals surface area contributed by atoms with Crippen molar-refractivity contribution < 1.29 is 0 Å². The minimum atomic E-state index is 0.824. The van der Waals surface area contributed by atoms with Crippen molar-refractivity contribution in [2.45, 2.75) is 0 Å². The van der Waals surface area contributed by atoms with E-state index in [-0.39, 0.29) is 0 Å². The number of hydrogen-bond acceptors (Lipinski definition) is 4. The molecule has 0 spiro atoms. The normalized spacial score (nSPS) is 20.0. The van der Waals surface area contributed by atoms with E-state index in [1.54, 1.807) is 17.3 Å². The minimum Gasteiger partial charge on any atom is -0.241 e. The Morgan fingerprint density at radius 1 is 1.60 bits per heavy atom. The Hall–Kier alpha value is -1.58. The second kappa shape index (κ2) is 1.98. The molecule has 2 aliphatic heterocycles. The standard InChI is InChI=1S/C6H5N4/c1-2-4-6-7-8-9-10(6)5-3-1/h1,3-5H,(H,7,9). The predicted molar refractivity (Wildman–Crippen MR) is 34.9 cm³/mol. The highest BCUT2D eigenvalue weighted by Gasteiger charge is 2.10. The first-order valence-corrected chi connectivity index (χ1v) is 2.89. The van der Waals surface area contributed by atoms with Gasteiger partial charge in [0.1, 0.15) is 0 Å². The molecule has 4 heteroatoms. The molecule has 0 aromatic carbocycles. The molecule has 1 N–H and O–H groups in total. The van der Waals surface area contributed by atoms with Gasteiger partial charge in [-0.1, -0.05) is 6.08 Å². The summed E-state index contributed by atoms with van der Waals surface area (Å²) in [6, 6.07) is 0. The molecule has 0 bridgehead atoms. The zero-order valence-electron chi connectivity index (χ0n) is 5.15. The van der Waals surface area contributed by atoms with Crippen LogP contribution in [0.2, 0.25) is 0 Å². The topological polar surface area (TPSA) is 40.0 Å². The Morgan fingerprint density at radius 2 is 2.60 bits per heavy atom. The second-order valence-electron chi connectivity index (χ2n) is 1.85. The molecule has 10 heavy (non-hydrogen) atoms. The Bertz CT molecular complexity index is 248. The predicted octanol–water partition coefficient (Wildman–Crippen LogP) is 0.902. The number of allylic oxidation sites excluding steroid dienone is 4. The van der Waals surface area contributed by atoms with Crippen molar-refractivity contribution in [3.8, 4) is 0 Å². The Labute approximate surface area is 58.2 Å². The smallest absolute Gasteiger partial charge is 0.151 e. The molecule has 2 heterocycles. The van der Waals surface area contributed by atoms with E-state index in [1.165, 1.54) is 0 Å². The second-order valence-corrected chi connectivity index (χ2v) is 1.85. The summed E-state index contributed by atoms with van der Waals surface area (Å²) in [7, 11) is 0. The molecule has 1 radical (unpaired) electrons. The number of hydrogen-bond donors (Lipinski definition) is 1. The lowest BCUT2D eigenvalue weighted by atomic mass is 10.5. The van der Waals surface area contributed by atoms with E-state index in [1.807, 2.05) is 12.2 Å². The van der Waals surface area contributed by atoms with Gasteiger partial charge in [0.05, 0.1) is 0 Å². The molecule has 0 atom stereocenters. The lowest BCUT2D eigenvalue weighted by Gasteiger charge is -2.03. The highest BCUT2D eigenvalue weighted by molar-refractivity contribution is 5.16.